The van der Waals surface area contributed by atoms with E-state index in [4.69, 9.17) is 14.2 Å². The van der Waals surface area contributed by atoms with Gasteiger partial charge >= 0.3 is 0 Å². The Morgan fingerprint density at radius 2 is 1.79 bits per heavy atom. The second-order valence-electron chi connectivity index (χ2n) is 8.30. The first-order valence-electron chi connectivity index (χ1n) is 10.5. The highest BCUT2D eigenvalue weighted by Crippen LogP contribution is 2.34. The first-order valence-corrected chi connectivity index (χ1v) is 10.5. The van der Waals surface area contributed by atoms with Crippen LogP contribution in [-0.2, 0) is 16.0 Å². The first kappa shape index (κ1) is 19.5. The molecule has 1 saturated carbocycles. The lowest BCUT2D eigenvalue weighted by Crippen LogP contribution is -2.64. The molecule has 0 unspecified atom stereocenters. The Morgan fingerprint density at radius 1 is 1.07 bits per heavy atom. The lowest BCUT2D eigenvalue weighted by atomic mass is 9.98. The zero-order chi connectivity index (χ0) is 19.5. The Labute approximate surface area is 167 Å². The molecule has 1 aromatic rings. The minimum absolute atomic E-state index is 0.196. The lowest BCUT2D eigenvalue weighted by Gasteiger charge is -2.49. The third kappa shape index (κ3) is 4.44. The van der Waals surface area contributed by atoms with E-state index in [1.54, 1.807) is 14.2 Å². The zero-order valence-electron chi connectivity index (χ0n) is 17.1. The molecule has 2 heterocycles. The summed E-state index contributed by atoms with van der Waals surface area (Å²) in [6.07, 6.45) is 5.40. The van der Waals surface area contributed by atoms with Crippen LogP contribution in [0.2, 0.25) is 0 Å². The van der Waals surface area contributed by atoms with E-state index in [9.17, 15) is 4.79 Å². The highest BCUT2D eigenvalue weighted by molar-refractivity contribution is 5.80. The Morgan fingerprint density at radius 3 is 2.43 bits per heavy atom. The molecule has 6 nitrogen and oxygen atoms in total. The van der Waals surface area contributed by atoms with E-state index < -0.39 is 0 Å². The standard InChI is InChI=1S/C22H32N2O4/c1-26-20-6-5-17(11-21(20)27-2)12-22(25)23-14-19(15-23)24(13-16-3-4-16)18-7-9-28-10-8-18/h5-6,11,16,18-19H,3-4,7-10,12-15H2,1-2H3. The summed E-state index contributed by atoms with van der Waals surface area (Å²) in [4.78, 5) is 17.4. The molecule has 0 bridgehead atoms. The number of hydrogen-bond donors (Lipinski definition) is 0. The summed E-state index contributed by atoms with van der Waals surface area (Å²) in [6.45, 7) is 4.67. The van der Waals surface area contributed by atoms with E-state index in [1.165, 1.54) is 19.4 Å². The Kier molecular flexibility index (Phi) is 6.07. The monoisotopic (exact) mass is 388 g/mol. The number of methoxy groups -OCH3 is 2. The molecule has 0 spiro atoms. The van der Waals surface area contributed by atoms with Crippen molar-refractivity contribution in [3.8, 4) is 11.5 Å². The number of amides is 1. The van der Waals surface area contributed by atoms with Crippen molar-refractivity contribution >= 4 is 5.91 Å². The van der Waals surface area contributed by atoms with Gasteiger partial charge in [0.25, 0.3) is 0 Å². The van der Waals surface area contributed by atoms with Crippen molar-refractivity contribution in [3.63, 3.8) is 0 Å². The van der Waals surface area contributed by atoms with Gasteiger partial charge in [-0.25, -0.2) is 0 Å². The van der Waals surface area contributed by atoms with Crippen LogP contribution in [0.1, 0.15) is 31.2 Å². The number of likely N-dealkylation sites (tertiary alicyclic amines) is 1. The molecule has 2 aliphatic heterocycles. The van der Waals surface area contributed by atoms with E-state index in [-0.39, 0.29) is 5.91 Å². The van der Waals surface area contributed by atoms with Crippen molar-refractivity contribution in [1.29, 1.82) is 0 Å². The lowest BCUT2D eigenvalue weighted by molar-refractivity contribution is -0.139. The smallest absolute Gasteiger partial charge is 0.227 e. The van der Waals surface area contributed by atoms with Crippen molar-refractivity contribution in [2.75, 3.05) is 47.1 Å². The molecule has 1 aliphatic carbocycles. The van der Waals surface area contributed by atoms with Gasteiger partial charge in [0.15, 0.2) is 11.5 Å². The van der Waals surface area contributed by atoms with Crippen LogP contribution in [0.4, 0.5) is 0 Å². The fourth-order valence-electron chi connectivity index (χ4n) is 4.36. The largest absolute Gasteiger partial charge is 0.493 e. The molecular weight excluding hydrogens is 356 g/mol. The molecule has 28 heavy (non-hydrogen) atoms. The fourth-order valence-corrected chi connectivity index (χ4v) is 4.36. The van der Waals surface area contributed by atoms with E-state index >= 15 is 0 Å². The topological polar surface area (TPSA) is 51.2 Å². The maximum absolute atomic E-state index is 12.7. The fraction of sp³-hybridized carbons (Fsp3) is 0.682. The molecular formula is C22H32N2O4. The normalized spacial score (nSPS) is 20.9. The van der Waals surface area contributed by atoms with E-state index in [2.05, 4.69) is 4.90 Å². The number of hydrogen-bond acceptors (Lipinski definition) is 5. The molecule has 3 fully saturated rings. The molecule has 2 saturated heterocycles. The summed E-state index contributed by atoms with van der Waals surface area (Å²) in [5.41, 5.74) is 0.963. The van der Waals surface area contributed by atoms with Crippen molar-refractivity contribution in [1.82, 2.24) is 9.80 Å². The molecule has 154 valence electrons. The minimum Gasteiger partial charge on any atom is -0.493 e. The van der Waals surface area contributed by atoms with Crippen LogP contribution in [0.3, 0.4) is 0 Å². The Balaban J connectivity index is 1.32. The predicted octanol–water partition coefficient (Wildman–Crippen LogP) is 2.35. The highest BCUT2D eigenvalue weighted by atomic mass is 16.5. The number of ether oxygens (including phenoxy) is 3. The average Bonchev–Trinajstić information content (AvgIpc) is 3.51. The molecule has 6 heteroatoms. The zero-order valence-corrected chi connectivity index (χ0v) is 17.1. The molecule has 0 atom stereocenters. The quantitative estimate of drug-likeness (QED) is 0.684. The Bertz CT molecular complexity index is 679. The van der Waals surface area contributed by atoms with Gasteiger partial charge in [-0.3, -0.25) is 9.69 Å². The SMILES string of the molecule is COc1ccc(CC(=O)N2CC(N(CC3CC3)C3CCOCC3)C2)cc1OC. The highest BCUT2D eigenvalue weighted by Gasteiger charge is 2.40. The third-order valence-electron chi connectivity index (χ3n) is 6.31. The van der Waals surface area contributed by atoms with Crippen molar-refractivity contribution in [2.24, 2.45) is 5.92 Å². The van der Waals surface area contributed by atoms with Gasteiger partial charge in [-0.2, -0.15) is 0 Å². The van der Waals surface area contributed by atoms with Crippen molar-refractivity contribution < 1.29 is 19.0 Å². The van der Waals surface area contributed by atoms with Gasteiger partial charge in [-0.15, -0.1) is 0 Å². The summed E-state index contributed by atoms with van der Waals surface area (Å²) in [5, 5.41) is 0. The van der Waals surface area contributed by atoms with E-state index in [0.29, 0.717) is 30.0 Å². The van der Waals surface area contributed by atoms with Gasteiger partial charge in [0.05, 0.1) is 20.6 Å². The maximum Gasteiger partial charge on any atom is 0.227 e. The predicted molar refractivity (Wildman–Crippen MR) is 107 cm³/mol. The summed E-state index contributed by atoms with van der Waals surface area (Å²) in [7, 11) is 3.24. The number of benzene rings is 1. The molecule has 4 rings (SSSR count). The van der Waals surface area contributed by atoms with Crippen LogP contribution in [0.15, 0.2) is 18.2 Å². The summed E-state index contributed by atoms with van der Waals surface area (Å²) in [5.74, 6) is 2.43. The average molecular weight is 389 g/mol. The number of rotatable bonds is 8. The molecule has 0 aromatic heterocycles. The van der Waals surface area contributed by atoms with Crippen LogP contribution in [0.5, 0.6) is 11.5 Å². The third-order valence-corrected chi connectivity index (χ3v) is 6.31. The first-order chi connectivity index (χ1) is 13.7. The van der Waals surface area contributed by atoms with Gasteiger partial charge in [0, 0.05) is 44.9 Å². The number of carbonyl (C=O) groups excluding carboxylic acids is 1. The number of carbonyl (C=O) groups is 1. The minimum atomic E-state index is 0.196. The van der Waals surface area contributed by atoms with Crippen molar-refractivity contribution in [3.05, 3.63) is 23.8 Å². The second kappa shape index (κ2) is 8.70. The molecule has 1 amide bonds. The van der Waals surface area contributed by atoms with Crippen LogP contribution in [0.25, 0.3) is 0 Å². The van der Waals surface area contributed by atoms with Crippen LogP contribution < -0.4 is 9.47 Å². The van der Waals surface area contributed by atoms with E-state index in [1.807, 2.05) is 23.1 Å². The van der Waals surface area contributed by atoms with Gasteiger partial charge < -0.3 is 19.1 Å². The maximum atomic E-state index is 12.7. The van der Waals surface area contributed by atoms with Crippen LogP contribution >= 0.6 is 0 Å². The van der Waals surface area contributed by atoms with Gasteiger partial charge in [-0.1, -0.05) is 6.07 Å². The molecule has 0 N–H and O–H groups in total. The molecule has 1 aromatic carbocycles. The molecule has 3 aliphatic rings. The van der Waals surface area contributed by atoms with Gasteiger partial charge in [0.1, 0.15) is 0 Å². The van der Waals surface area contributed by atoms with Gasteiger partial charge in [-0.05, 0) is 49.3 Å². The second-order valence-corrected chi connectivity index (χ2v) is 8.30. The summed E-state index contributed by atoms with van der Waals surface area (Å²) >= 11 is 0. The molecule has 0 radical (unpaired) electrons. The number of nitrogens with zero attached hydrogens (tertiary/aromatic N) is 2. The summed E-state index contributed by atoms with van der Waals surface area (Å²) in [6, 6.07) is 6.84. The van der Waals surface area contributed by atoms with Crippen LogP contribution in [0, 0.1) is 5.92 Å². The van der Waals surface area contributed by atoms with Crippen LogP contribution in [-0.4, -0.2) is 74.9 Å². The Hall–Kier alpha value is -1.79. The van der Waals surface area contributed by atoms with Crippen molar-refractivity contribution in [2.45, 2.75) is 44.2 Å². The van der Waals surface area contributed by atoms with E-state index in [0.717, 1.165) is 50.6 Å². The van der Waals surface area contributed by atoms with Gasteiger partial charge in [0.2, 0.25) is 5.91 Å². The summed E-state index contributed by atoms with van der Waals surface area (Å²) < 4.78 is 16.2.